The zero-order valence-electron chi connectivity index (χ0n) is 12.6. The highest BCUT2D eigenvalue weighted by atomic mass is 32.1. The van der Waals surface area contributed by atoms with Crippen molar-refractivity contribution in [3.05, 3.63) is 35.7 Å². The number of benzene rings is 2. The zero-order chi connectivity index (χ0) is 15.5. The average molecular weight is 314 g/mol. The monoisotopic (exact) mass is 314 g/mol. The van der Waals surface area contributed by atoms with E-state index < -0.39 is 0 Å². The first kappa shape index (κ1) is 14.7. The fourth-order valence-corrected chi connectivity index (χ4v) is 3.08. The Hall–Kier alpha value is -2.27. The fraction of sp³-hybridized carbons (Fsp3) is 0.235. The highest BCUT2D eigenvalue weighted by Gasteiger charge is 2.17. The summed E-state index contributed by atoms with van der Waals surface area (Å²) in [5.74, 6) is 1.60. The van der Waals surface area contributed by atoms with Crippen LogP contribution in [0, 0.1) is 0 Å². The summed E-state index contributed by atoms with van der Waals surface area (Å²) in [6.45, 7) is 5.13. The standard InChI is InChI=1S/C17H18N2O2S/c1-3-20-14-9-15(21-4-2)16(13-10-22-17(18)19-13)12-8-6-5-7-11(12)14/h5-10H,3-4H2,1-2H3,(H2,18,19). The number of nitrogens with two attached hydrogens (primary N) is 1. The molecule has 0 aliphatic heterocycles. The van der Waals surface area contributed by atoms with Gasteiger partial charge in [-0.2, -0.15) is 0 Å². The maximum Gasteiger partial charge on any atom is 0.180 e. The Morgan fingerprint density at radius 2 is 1.73 bits per heavy atom. The summed E-state index contributed by atoms with van der Waals surface area (Å²) < 4.78 is 11.6. The molecule has 0 bridgehead atoms. The van der Waals surface area contributed by atoms with Crippen molar-refractivity contribution in [3.63, 3.8) is 0 Å². The molecular formula is C17H18N2O2S. The Kier molecular flexibility index (Phi) is 4.15. The number of thiazole rings is 1. The number of anilines is 1. The molecule has 2 N–H and O–H groups in total. The van der Waals surface area contributed by atoms with Crippen LogP contribution in [0.1, 0.15) is 13.8 Å². The molecule has 3 rings (SSSR count). The van der Waals surface area contributed by atoms with Gasteiger partial charge in [0.1, 0.15) is 11.5 Å². The molecule has 0 atom stereocenters. The largest absolute Gasteiger partial charge is 0.493 e. The van der Waals surface area contributed by atoms with Crippen molar-refractivity contribution in [3.8, 4) is 22.8 Å². The molecule has 1 aromatic heterocycles. The molecule has 114 valence electrons. The quantitative estimate of drug-likeness (QED) is 0.761. The summed E-state index contributed by atoms with van der Waals surface area (Å²) in [5, 5.41) is 4.62. The molecule has 0 amide bonds. The molecule has 0 unspecified atom stereocenters. The predicted molar refractivity (Wildman–Crippen MR) is 91.8 cm³/mol. The van der Waals surface area contributed by atoms with Crippen LogP contribution >= 0.6 is 11.3 Å². The summed E-state index contributed by atoms with van der Waals surface area (Å²) in [4.78, 5) is 4.43. The molecule has 1 heterocycles. The third kappa shape index (κ3) is 2.60. The van der Waals surface area contributed by atoms with Crippen molar-refractivity contribution in [1.29, 1.82) is 0 Å². The number of nitrogens with zero attached hydrogens (tertiary/aromatic N) is 1. The molecular weight excluding hydrogens is 296 g/mol. The Morgan fingerprint density at radius 1 is 1.05 bits per heavy atom. The Balaban J connectivity index is 2.32. The Bertz CT molecular complexity index is 798. The van der Waals surface area contributed by atoms with E-state index in [1.165, 1.54) is 11.3 Å². The van der Waals surface area contributed by atoms with Crippen LogP contribution in [0.5, 0.6) is 11.5 Å². The number of rotatable bonds is 5. The maximum absolute atomic E-state index is 5.84. The minimum Gasteiger partial charge on any atom is -0.493 e. The minimum absolute atomic E-state index is 0.551. The summed E-state index contributed by atoms with van der Waals surface area (Å²) in [7, 11) is 0. The van der Waals surface area contributed by atoms with Gasteiger partial charge in [0.05, 0.1) is 24.5 Å². The lowest BCUT2D eigenvalue weighted by atomic mass is 10.0. The number of hydrogen-bond donors (Lipinski definition) is 1. The van der Waals surface area contributed by atoms with Gasteiger partial charge in [0.25, 0.3) is 0 Å². The number of aromatic nitrogens is 1. The normalized spacial score (nSPS) is 10.8. The molecule has 0 spiro atoms. The van der Waals surface area contributed by atoms with Gasteiger partial charge in [-0.25, -0.2) is 4.98 Å². The molecule has 5 heteroatoms. The topological polar surface area (TPSA) is 57.4 Å². The zero-order valence-corrected chi connectivity index (χ0v) is 13.4. The van der Waals surface area contributed by atoms with Crippen molar-refractivity contribution in [1.82, 2.24) is 4.98 Å². The van der Waals surface area contributed by atoms with E-state index in [0.717, 1.165) is 33.5 Å². The van der Waals surface area contributed by atoms with E-state index in [2.05, 4.69) is 17.1 Å². The van der Waals surface area contributed by atoms with E-state index in [0.29, 0.717) is 18.3 Å². The van der Waals surface area contributed by atoms with Gasteiger partial charge in [-0.05, 0) is 19.2 Å². The number of fused-ring (bicyclic) bond motifs is 1. The third-order valence-corrected chi connectivity index (χ3v) is 4.02. The second kappa shape index (κ2) is 6.23. The first-order chi connectivity index (χ1) is 10.7. The molecule has 4 nitrogen and oxygen atoms in total. The van der Waals surface area contributed by atoms with E-state index in [4.69, 9.17) is 15.2 Å². The summed E-state index contributed by atoms with van der Waals surface area (Å²) in [6.07, 6.45) is 0. The predicted octanol–water partition coefficient (Wildman–Crippen LogP) is 4.34. The Labute approximate surface area is 133 Å². The average Bonchev–Trinajstić information content (AvgIpc) is 2.94. The summed E-state index contributed by atoms with van der Waals surface area (Å²) >= 11 is 1.43. The second-order valence-electron chi connectivity index (χ2n) is 4.73. The molecule has 0 fully saturated rings. The van der Waals surface area contributed by atoms with Crippen LogP contribution in [-0.2, 0) is 0 Å². The molecule has 0 radical (unpaired) electrons. The summed E-state index contributed by atoms with van der Waals surface area (Å²) in [6, 6.07) is 10.1. The molecule has 0 saturated heterocycles. The van der Waals surface area contributed by atoms with Crippen molar-refractivity contribution < 1.29 is 9.47 Å². The molecule has 3 aromatic rings. The van der Waals surface area contributed by atoms with E-state index >= 15 is 0 Å². The van der Waals surface area contributed by atoms with Gasteiger partial charge in [0.2, 0.25) is 0 Å². The lowest BCUT2D eigenvalue weighted by Gasteiger charge is -2.15. The first-order valence-electron chi connectivity index (χ1n) is 7.27. The Morgan fingerprint density at radius 3 is 2.36 bits per heavy atom. The van der Waals surface area contributed by atoms with Gasteiger partial charge in [-0.15, -0.1) is 11.3 Å². The van der Waals surface area contributed by atoms with Crippen LogP contribution < -0.4 is 15.2 Å². The maximum atomic E-state index is 5.84. The molecule has 22 heavy (non-hydrogen) atoms. The number of nitrogen functional groups attached to an aromatic ring is 1. The molecule has 2 aromatic carbocycles. The van der Waals surface area contributed by atoms with Gasteiger partial charge >= 0.3 is 0 Å². The van der Waals surface area contributed by atoms with E-state index in [1.807, 2.05) is 37.4 Å². The van der Waals surface area contributed by atoms with E-state index in [-0.39, 0.29) is 0 Å². The minimum atomic E-state index is 0.551. The smallest absolute Gasteiger partial charge is 0.180 e. The highest BCUT2D eigenvalue weighted by Crippen LogP contribution is 2.42. The van der Waals surface area contributed by atoms with E-state index in [1.54, 1.807) is 0 Å². The number of ether oxygens (including phenoxy) is 2. The third-order valence-electron chi connectivity index (χ3n) is 3.35. The lowest BCUT2D eigenvalue weighted by Crippen LogP contribution is -1.99. The van der Waals surface area contributed by atoms with Crippen molar-refractivity contribution >= 4 is 27.2 Å². The highest BCUT2D eigenvalue weighted by molar-refractivity contribution is 7.13. The molecule has 0 aliphatic carbocycles. The van der Waals surface area contributed by atoms with Crippen LogP contribution in [0.4, 0.5) is 5.13 Å². The first-order valence-corrected chi connectivity index (χ1v) is 8.15. The van der Waals surface area contributed by atoms with Crippen LogP contribution in [-0.4, -0.2) is 18.2 Å². The van der Waals surface area contributed by atoms with Gasteiger partial charge < -0.3 is 15.2 Å². The van der Waals surface area contributed by atoms with Crippen LogP contribution in [0.25, 0.3) is 22.0 Å². The van der Waals surface area contributed by atoms with Crippen LogP contribution in [0.15, 0.2) is 35.7 Å². The SMILES string of the molecule is CCOc1cc(OCC)c2ccccc2c1-c1csc(N)n1. The lowest BCUT2D eigenvalue weighted by molar-refractivity contribution is 0.327. The summed E-state index contributed by atoms with van der Waals surface area (Å²) in [5.41, 5.74) is 7.61. The van der Waals surface area contributed by atoms with Gasteiger partial charge in [0, 0.05) is 16.8 Å². The fourth-order valence-electron chi connectivity index (χ4n) is 2.53. The number of hydrogen-bond acceptors (Lipinski definition) is 5. The van der Waals surface area contributed by atoms with Gasteiger partial charge in [0.15, 0.2) is 5.13 Å². The molecule has 0 saturated carbocycles. The van der Waals surface area contributed by atoms with Crippen molar-refractivity contribution in [2.24, 2.45) is 0 Å². The second-order valence-corrected chi connectivity index (χ2v) is 5.62. The molecule has 0 aliphatic rings. The van der Waals surface area contributed by atoms with Crippen molar-refractivity contribution in [2.45, 2.75) is 13.8 Å². The van der Waals surface area contributed by atoms with Crippen molar-refractivity contribution in [2.75, 3.05) is 18.9 Å². The van der Waals surface area contributed by atoms with E-state index in [9.17, 15) is 0 Å². The van der Waals surface area contributed by atoms with Gasteiger partial charge in [-0.1, -0.05) is 24.3 Å². The van der Waals surface area contributed by atoms with Crippen LogP contribution in [0.2, 0.25) is 0 Å². The van der Waals surface area contributed by atoms with Gasteiger partial charge in [-0.3, -0.25) is 0 Å². The van der Waals surface area contributed by atoms with Crippen LogP contribution in [0.3, 0.4) is 0 Å².